The van der Waals surface area contributed by atoms with Crippen molar-refractivity contribution in [2.75, 3.05) is 19.0 Å². The second kappa shape index (κ2) is 7.00. The first-order chi connectivity index (χ1) is 9.69. The average Bonchev–Trinajstić information content (AvgIpc) is 2.48. The molecule has 2 rings (SSSR count). The van der Waals surface area contributed by atoms with Gasteiger partial charge in [0.15, 0.2) is 0 Å². The normalized spacial score (nSPS) is 10.1. The van der Waals surface area contributed by atoms with Crippen molar-refractivity contribution < 1.29 is 9.53 Å². The van der Waals surface area contributed by atoms with Crippen molar-refractivity contribution in [2.24, 2.45) is 0 Å². The lowest BCUT2D eigenvalue weighted by molar-refractivity contribution is -0.140. The van der Waals surface area contributed by atoms with Gasteiger partial charge in [-0.1, -0.05) is 28.1 Å². The van der Waals surface area contributed by atoms with E-state index in [-0.39, 0.29) is 12.4 Å². The first kappa shape index (κ1) is 14.5. The molecule has 1 aromatic carbocycles. The first-order valence-corrected chi connectivity index (χ1v) is 6.87. The van der Waals surface area contributed by atoms with E-state index in [1.165, 1.54) is 7.11 Å². The van der Waals surface area contributed by atoms with Crippen LogP contribution in [-0.2, 0) is 9.53 Å². The maximum absolute atomic E-state index is 11.0. The predicted molar refractivity (Wildman–Crippen MR) is 80.3 cm³/mol. The van der Waals surface area contributed by atoms with E-state index in [1.54, 1.807) is 12.4 Å². The standard InChI is InChI=1S/C14H14BrN3O2/c1-20-13(19)6-7-16-14-17-8-11(9-18-14)10-2-4-12(15)5-3-10/h2-5,8-9H,6-7H2,1H3,(H,16,17,18). The van der Waals surface area contributed by atoms with E-state index in [1.807, 2.05) is 24.3 Å². The predicted octanol–water partition coefficient (Wildman–Crippen LogP) is 2.88. The molecule has 20 heavy (non-hydrogen) atoms. The summed E-state index contributed by atoms with van der Waals surface area (Å²) < 4.78 is 5.58. The minimum absolute atomic E-state index is 0.260. The lowest BCUT2D eigenvalue weighted by Crippen LogP contribution is -2.11. The van der Waals surface area contributed by atoms with Crippen molar-refractivity contribution in [3.63, 3.8) is 0 Å². The largest absolute Gasteiger partial charge is 0.469 e. The molecule has 0 atom stereocenters. The molecule has 5 nitrogen and oxygen atoms in total. The van der Waals surface area contributed by atoms with Crippen molar-refractivity contribution in [3.05, 3.63) is 41.1 Å². The molecular weight excluding hydrogens is 322 g/mol. The van der Waals surface area contributed by atoms with E-state index in [4.69, 9.17) is 0 Å². The lowest BCUT2D eigenvalue weighted by Gasteiger charge is -2.05. The number of nitrogens with one attached hydrogen (secondary N) is 1. The van der Waals surface area contributed by atoms with Gasteiger partial charge in [-0.25, -0.2) is 9.97 Å². The third kappa shape index (κ3) is 4.03. The van der Waals surface area contributed by atoms with E-state index >= 15 is 0 Å². The lowest BCUT2D eigenvalue weighted by atomic mass is 10.1. The average molecular weight is 336 g/mol. The summed E-state index contributed by atoms with van der Waals surface area (Å²) in [6, 6.07) is 7.93. The number of rotatable bonds is 5. The molecular formula is C14H14BrN3O2. The minimum atomic E-state index is -0.260. The number of methoxy groups -OCH3 is 1. The van der Waals surface area contributed by atoms with Crippen LogP contribution >= 0.6 is 15.9 Å². The van der Waals surface area contributed by atoms with Crippen LogP contribution in [0.2, 0.25) is 0 Å². The fraction of sp³-hybridized carbons (Fsp3) is 0.214. The Labute approximate surface area is 125 Å². The Morgan fingerprint density at radius 2 is 1.85 bits per heavy atom. The monoisotopic (exact) mass is 335 g/mol. The quantitative estimate of drug-likeness (QED) is 0.851. The van der Waals surface area contributed by atoms with Gasteiger partial charge >= 0.3 is 5.97 Å². The number of hydrogen-bond donors (Lipinski definition) is 1. The Kier molecular flexibility index (Phi) is 5.06. The number of halogens is 1. The van der Waals surface area contributed by atoms with Crippen molar-refractivity contribution in [2.45, 2.75) is 6.42 Å². The molecule has 1 aromatic heterocycles. The Morgan fingerprint density at radius 3 is 2.45 bits per heavy atom. The number of ether oxygens (including phenoxy) is 1. The van der Waals surface area contributed by atoms with Crippen LogP contribution in [0.3, 0.4) is 0 Å². The molecule has 0 fully saturated rings. The van der Waals surface area contributed by atoms with Gasteiger partial charge in [-0.05, 0) is 17.7 Å². The van der Waals surface area contributed by atoms with Crippen molar-refractivity contribution in [1.29, 1.82) is 0 Å². The van der Waals surface area contributed by atoms with Gasteiger partial charge in [0, 0.05) is 29.0 Å². The topological polar surface area (TPSA) is 64.1 Å². The summed E-state index contributed by atoms with van der Waals surface area (Å²) in [5.74, 6) is 0.235. The van der Waals surface area contributed by atoms with Gasteiger partial charge in [0.25, 0.3) is 0 Å². The molecule has 0 bridgehead atoms. The molecule has 6 heteroatoms. The van der Waals surface area contributed by atoms with Crippen LogP contribution in [0.1, 0.15) is 6.42 Å². The smallest absolute Gasteiger partial charge is 0.307 e. The van der Waals surface area contributed by atoms with E-state index < -0.39 is 0 Å². The highest BCUT2D eigenvalue weighted by Gasteiger charge is 2.02. The highest BCUT2D eigenvalue weighted by atomic mass is 79.9. The molecule has 0 amide bonds. The van der Waals surface area contributed by atoms with Crippen LogP contribution in [-0.4, -0.2) is 29.6 Å². The molecule has 0 unspecified atom stereocenters. The van der Waals surface area contributed by atoms with E-state index in [0.29, 0.717) is 12.5 Å². The van der Waals surface area contributed by atoms with Gasteiger partial charge in [0.05, 0.1) is 13.5 Å². The molecule has 1 N–H and O–H groups in total. The number of esters is 1. The van der Waals surface area contributed by atoms with Crippen molar-refractivity contribution >= 4 is 27.8 Å². The summed E-state index contributed by atoms with van der Waals surface area (Å²) in [7, 11) is 1.37. The van der Waals surface area contributed by atoms with Crippen molar-refractivity contribution in [1.82, 2.24) is 9.97 Å². The Bertz CT molecular complexity index is 570. The third-order valence-corrected chi connectivity index (χ3v) is 3.20. The van der Waals surface area contributed by atoms with E-state index in [9.17, 15) is 4.79 Å². The Hall–Kier alpha value is -1.95. The van der Waals surface area contributed by atoms with Gasteiger partial charge < -0.3 is 10.1 Å². The summed E-state index contributed by atoms with van der Waals surface area (Å²) in [5, 5.41) is 2.97. The summed E-state index contributed by atoms with van der Waals surface area (Å²) in [6.45, 7) is 0.449. The zero-order valence-electron chi connectivity index (χ0n) is 11.0. The number of nitrogens with zero attached hydrogens (tertiary/aromatic N) is 2. The summed E-state index contributed by atoms with van der Waals surface area (Å²) in [4.78, 5) is 19.4. The second-order valence-electron chi connectivity index (χ2n) is 4.06. The fourth-order valence-corrected chi connectivity index (χ4v) is 1.85. The summed E-state index contributed by atoms with van der Waals surface area (Å²) in [5.41, 5.74) is 1.99. The molecule has 0 saturated heterocycles. The number of hydrogen-bond acceptors (Lipinski definition) is 5. The molecule has 104 valence electrons. The molecule has 1 heterocycles. The van der Waals surface area contributed by atoms with E-state index in [0.717, 1.165) is 15.6 Å². The molecule has 0 radical (unpaired) electrons. The second-order valence-corrected chi connectivity index (χ2v) is 4.97. The van der Waals surface area contributed by atoms with Gasteiger partial charge in [0.1, 0.15) is 0 Å². The van der Waals surface area contributed by atoms with Gasteiger partial charge in [-0.2, -0.15) is 0 Å². The van der Waals surface area contributed by atoms with Crippen LogP contribution in [0.4, 0.5) is 5.95 Å². The maximum Gasteiger partial charge on any atom is 0.307 e. The zero-order valence-corrected chi connectivity index (χ0v) is 12.6. The van der Waals surface area contributed by atoms with Gasteiger partial charge in [-0.3, -0.25) is 4.79 Å². The summed E-state index contributed by atoms with van der Waals surface area (Å²) >= 11 is 3.40. The maximum atomic E-state index is 11.0. The van der Waals surface area contributed by atoms with Gasteiger partial charge in [-0.15, -0.1) is 0 Å². The molecule has 0 aliphatic carbocycles. The number of benzene rings is 1. The third-order valence-electron chi connectivity index (χ3n) is 2.67. The van der Waals surface area contributed by atoms with Crippen molar-refractivity contribution in [3.8, 4) is 11.1 Å². The Morgan fingerprint density at radius 1 is 1.20 bits per heavy atom. The highest BCUT2D eigenvalue weighted by Crippen LogP contribution is 2.20. The fourth-order valence-electron chi connectivity index (χ4n) is 1.59. The molecule has 2 aromatic rings. The number of anilines is 1. The van der Waals surface area contributed by atoms with E-state index in [2.05, 4.69) is 36.0 Å². The van der Waals surface area contributed by atoms with Crippen LogP contribution < -0.4 is 5.32 Å². The van der Waals surface area contributed by atoms with Crippen LogP contribution in [0.5, 0.6) is 0 Å². The van der Waals surface area contributed by atoms with Crippen LogP contribution in [0.25, 0.3) is 11.1 Å². The number of aromatic nitrogens is 2. The van der Waals surface area contributed by atoms with Crippen LogP contribution in [0, 0.1) is 0 Å². The minimum Gasteiger partial charge on any atom is -0.469 e. The molecule has 0 aliphatic rings. The zero-order chi connectivity index (χ0) is 14.4. The van der Waals surface area contributed by atoms with Crippen LogP contribution in [0.15, 0.2) is 41.1 Å². The first-order valence-electron chi connectivity index (χ1n) is 6.07. The summed E-state index contributed by atoms with van der Waals surface area (Å²) in [6.07, 6.45) is 3.78. The number of carbonyl (C=O) groups is 1. The van der Waals surface area contributed by atoms with Gasteiger partial charge in [0.2, 0.25) is 5.95 Å². The highest BCUT2D eigenvalue weighted by molar-refractivity contribution is 9.10. The Balaban J connectivity index is 1.96. The SMILES string of the molecule is COC(=O)CCNc1ncc(-c2ccc(Br)cc2)cn1. The molecule has 0 saturated carbocycles. The molecule has 0 aliphatic heterocycles. The molecule has 0 spiro atoms. The number of carbonyl (C=O) groups excluding carboxylic acids is 1.